The van der Waals surface area contributed by atoms with Gasteiger partial charge in [0.1, 0.15) is 0 Å². The first-order chi connectivity index (χ1) is 7.52. The fraction of sp³-hybridized carbons (Fsp3) is 0.818. The van der Waals surface area contributed by atoms with Crippen molar-refractivity contribution < 1.29 is 9.59 Å². The molecule has 1 atom stereocenters. The Morgan fingerprint density at radius 1 is 1.25 bits per heavy atom. The molecule has 2 N–H and O–H groups in total. The van der Waals surface area contributed by atoms with Crippen molar-refractivity contribution in [3.05, 3.63) is 0 Å². The third kappa shape index (κ3) is 3.48. The summed E-state index contributed by atoms with van der Waals surface area (Å²) in [6.45, 7) is 3.94. The minimum Gasteiger partial charge on any atom is -0.336 e. The largest absolute Gasteiger partial charge is 0.336 e. The zero-order valence-electron chi connectivity index (χ0n) is 10.1. The topological polar surface area (TPSA) is 66.6 Å². The summed E-state index contributed by atoms with van der Waals surface area (Å²) in [4.78, 5) is 26.1. The van der Waals surface area contributed by atoms with Gasteiger partial charge in [0, 0.05) is 32.7 Å². The van der Waals surface area contributed by atoms with E-state index >= 15 is 0 Å². The van der Waals surface area contributed by atoms with Gasteiger partial charge in [-0.25, -0.2) is 0 Å². The molecular weight excluding hydrogens is 206 g/mol. The Hall–Kier alpha value is -1.10. The highest BCUT2D eigenvalue weighted by Crippen LogP contribution is 2.06. The number of hydrogen-bond acceptors (Lipinski definition) is 3. The van der Waals surface area contributed by atoms with Gasteiger partial charge >= 0.3 is 11.8 Å². The fourth-order valence-electron chi connectivity index (χ4n) is 1.75. The lowest BCUT2D eigenvalue weighted by atomic mass is 10.1. The predicted molar refractivity (Wildman–Crippen MR) is 61.7 cm³/mol. The van der Waals surface area contributed by atoms with Gasteiger partial charge in [0.05, 0.1) is 0 Å². The molecule has 1 rings (SSSR count). The third-order valence-corrected chi connectivity index (χ3v) is 2.86. The van der Waals surface area contributed by atoms with E-state index in [0.717, 1.165) is 19.3 Å². The van der Waals surface area contributed by atoms with Crippen LogP contribution in [0.2, 0.25) is 0 Å². The highest BCUT2D eigenvalue weighted by atomic mass is 16.2. The fourth-order valence-corrected chi connectivity index (χ4v) is 1.75. The van der Waals surface area contributed by atoms with Crippen LogP contribution in [0.15, 0.2) is 0 Å². The number of likely N-dealkylation sites (N-methyl/N-ethyl adjacent to an activating group) is 1. The van der Waals surface area contributed by atoms with E-state index in [1.165, 1.54) is 4.90 Å². The molecule has 5 nitrogen and oxygen atoms in total. The van der Waals surface area contributed by atoms with E-state index in [2.05, 4.69) is 0 Å². The maximum Gasteiger partial charge on any atom is 0.312 e. The zero-order valence-corrected chi connectivity index (χ0v) is 10.1. The average Bonchev–Trinajstić information content (AvgIpc) is 2.23. The van der Waals surface area contributed by atoms with Crippen LogP contribution in [-0.4, -0.2) is 54.3 Å². The average molecular weight is 227 g/mol. The van der Waals surface area contributed by atoms with Crippen molar-refractivity contribution in [1.29, 1.82) is 0 Å². The van der Waals surface area contributed by atoms with Crippen molar-refractivity contribution in [1.82, 2.24) is 9.80 Å². The number of nitrogens with zero attached hydrogens (tertiary/aromatic N) is 2. The van der Waals surface area contributed by atoms with Crippen molar-refractivity contribution in [2.24, 2.45) is 5.73 Å². The maximum absolute atomic E-state index is 11.6. The monoisotopic (exact) mass is 227 g/mol. The molecule has 16 heavy (non-hydrogen) atoms. The summed E-state index contributed by atoms with van der Waals surface area (Å²) in [6, 6.07) is 0.213. The standard InChI is InChI=1S/C11H21N3O2/c1-9(12)5-3-4-6-14-8-7-13(2)10(15)11(14)16/h9H,3-8,12H2,1-2H3. The van der Waals surface area contributed by atoms with Gasteiger partial charge in [0.15, 0.2) is 0 Å². The van der Waals surface area contributed by atoms with Crippen LogP contribution in [0.25, 0.3) is 0 Å². The summed E-state index contributed by atoms with van der Waals surface area (Å²) < 4.78 is 0. The Morgan fingerprint density at radius 3 is 2.56 bits per heavy atom. The second-order valence-corrected chi connectivity index (χ2v) is 4.49. The van der Waals surface area contributed by atoms with Crippen molar-refractivity contribution in [3.8, 4) is 0 Å². The van der Waals surface area contributed by atoms with Gasteiger partial charge in [-0.3, -0.25) is 9.59 Å². The normalized spacial score (nSPS) is 19.2. The molecule has 0 aromatic heterocycles. The zero-order chi connectivity index (χ0) is 12.1. The van der Waals surface area contributed by atoms with Crippen LogP contribution in [0.4, 0.5) is 0 Å². The summed E-state index contributed by atoms with van der Waals surface area (Å²) in [5.74, 6) is -0.756. The molecule has 0 saturated carbocycles. The molecule has 0 radical (unpaired) electrons. The maximum atomic E-state index is 11.6. The van der Waals surface area contributed by atoms with Crippen molar-refractivity contribution in [2.75, 3.05) is 26.7 Å². The Labute approximate surface area is 96.6 Å². The number of rotatable bonds is 5. The smallest absolute Gasteiger partial charge is 0.312 e. The number of nitrogens with two attached hydrogens (primary N) is 1. The lowest BCUT2D eigenvalue weighted by Gasteiger charge is -2.31. The quantitative estimate of drug-likeness (QED) is 0.522. The highest BCUT2D eigenvalue weighted by molar-refractivity contribution is 6.35. The van der Waals surface area contributed by atoms with Gasteiger partial charge in [0.25, 0.3) is 0 Å². The molecule has 2 amide bonds. The number of piperazine rings is 1. The van der Waals surface area contributed by atoms with E-state index < -0.39 is 5.91 Å². The summed E-state index contributed by atoms with van der Waals surface area (Å²) in [7, 11) is 1.66. The van der Waals surface area contributed by atoms with Crippen LogP contribution in [0.5, 0.6) is 0 Å². The van der Waals surface area contributed by atoms with Crippen LogP contribution in [0.1, 0.15) is 26.2 Å². The molecule has 92 valence electrons. The molecule has 1 aliphatic heterocycles. The van der Waals surface area contributed by atoms with Crippen molar-refractivity contribution in [2.45, 2.75) is 32.2 Å². The molecule has 0 bridgehead atoms. The minimum absolute atomic E-state index is 0.213. The molecule has 0 aromatic carbocycles. The second-order valence-electron chi connectivity index (χ2n) is 4.49. The number of carbonyl (C=O) groups is 2. The number of unbranched alkanes of at least 4 members (excludes halogenated alkanes) is 1. The molecule has 0 aromatic rings. The lowest BCUT2D eigenvalue weighted by molar-refractivity contribution is -0.154. The first-order valence-corrected chi connectivity index (χ1v) is 5.82. The van der Waals surface area contributed by atoms with Crippen LogP contribution in [0.3, 0.4) is 0 Å². The van der Waals surface area contributed by atoms with Gasteiger partial charge in [-0.15, -0.1) is 0 Å². The lowest BCUT2D eigenvalue weighted by Crippen LogP contribution is -2.52. The highest BCUT2D eigenvalue weighted by Gasteiger charge is 2.29. The molecule has 1 fully saturated rings. The predicted octanol–water partition coefficient (Wildman–Crippen LogP) is -0.195. The van der Waals surface area contributed by atoms with Crippen LogP contribution >= 0.6 is 0 Å². The molecule has 0 spiro atoms. The molecule has 1 aliphatic rings. The summed E-state index contributed by atoms with van der Waals surface area (Å²) in [6.07, 6.45) is 2.89. The van der Waals surface area contributed by atoms with Gasteiger partial charge in [0.2, 0.25) is 0 Å². The Kier molecular flexibility index (Phi) is 4.73. The second kappa shape index (κ2) is 5.84. The summed E-state index contributed by atoms with van der Waals surface area (Å²) >= 11 is 0. The van der Waals surface area contributed by atoms with Crippen LogP contribution < -0.4 is 5.73 Å². The minimum atomic E-state index is -0.390. The molecule has 5 heteroatoms. The van der Waals surface area contributed by atoms with E-state index in [1.807, 2.05) is 6.92 Å². The third-order valence-electron chi connectivity index (χ3n) is 2.86. The first kappa shape index (κ1) is 13.0. The molecule has 0 aliphatic carbocycles. The molecule has 1 unspecified atom stereocenters. The molecule has 1 heterocycles. The van der Waals surface area contributed by atoms with Gasteiger partial charge in [-0.1, -0.05) is 6.42 Å². The Morgan fingerprint density at radius 2 is 1.94 bits per heavy atom. The number of amides is 2. The summed E-state index contributed by atoms with van der Waals surface area (Å²) in [5, 5.41) is 0. The number of carbonyl (C=O) groups excluding carboxylic acids is 2. The van der Waals surface area contributed by atoms with Crippen LogP contribution in [0, 0.1) is 0 Å². The first-order valence-electron chi connectivity index (χ1n) is 5.82. The van der Waals surface area contributed by atoms with E-state index in [0.29, 0.717) is 19.6 Å². The Balaban J connectivity index is 2.27. The Bertz CT molecular complexity index is 266. The number of hydrogen-bond donors (Lipinski definition) is 1. The van der Waals surface area contributed by atoms with Gasteiger partial charge < -0.3 is 15.5 Å². The van der Waals surface area contributed by atoms with E-state index in [1.54, 1.807) is 11.9 Å². The van der Waals surface area contributed by atoms with Crippen molar-refractivity contribution >= 4 is 11.8 Å². The molecule has 1 saturated heterocycles. The molecular formula is C11H21N3O2. The van der Waals surface area contributed by atoms with E-state index in [-0.39, 0.29) is 11.9 Å². The van der Waals surface area contributed by atoms with Gasteiger partial charge in [-0.05, 0) is 19.8 Å². The van der Waals surface area contributed by atoms with Crippen molar-refractivity contribution in [3.63, 3.8) is 0 Å². The van der Waals surface area contributed by atoms with Crippen LogP contribution in [-0.2, 0) is 9.59 Å². The van der Waals surface area contributed by atoms with E-state index in [9.17, 15) is 9.59 Å². The SMILES string of the molecule is CC(N)CCCCN1CCN(C)C(=O)C1=O. The van der Waals surface area contributed by atoms with E-state index in [4.69, 9.17) is 5.73 Å². The summed E-state index contributed by atoms with van der Waals surface area (Å²) in [5.41, 5.74) is 5.64. The van der Waals surface area contributed by atoms with Gasteiger partial charge in [-0.2, -0.15) is 0 Å².